The van der Waals surface area contributed by atoms with Crippen LogP contribution in [0, 0.1) is 0 Å². The topological polar surface area (TPSA) is 88.5 Å². The van der Waals surface area contributed by atoms with Crippen LogP contribution in [0.25, 0.3) is 10.9 Å². The molecule has 0 fully saturated rings. The van der Waals surface area contributed by atoms with E-state index in [1.165, 1.54) is 0 Å². The average molecular weight is 276 g/mol. The zero-order chi connectivity index (χ0) is 14.5. The highest BCUT2D eigenvalue weighted by atomic mass is 16.4. The van der Waals surface area contributed by atoms with E-state index in [1.54, 1.807) is 12.1 Å². The Kier molecular flexibility index (Phi) is 4.76. The number of aromatic nitrogens is 1. The Hall–Kier alpha value is -1.85. The third-order valence-corrected chi connectivity index (χ3v) is 3.42. The van der Waals surface area contributed by atoms with Crippen LogP contribution in [0.1, 0.15) is 28.8 Å². The Morgan fingerprint density at radius 3 is 2.75 bits per heavy atom. The number of nitrogens with two attached hydrogens (primary N) is 1. The summed E-state index contributed by atoms with van der Waals surface area (Å²) in [6, 6.07) is 5.18. The lowest BCUT2D eigenvalue weighted by atomic mass is 10.1. The average Bonchev–Trinajstić information content (AvgIpc) is 2.80. The molecule has 0 aliphatic rings. The number of nitrogens with zero attached hydrogens (tertiary/aromatic N) is 1. The van der Waals surface area contributed by atoms with E-state index in [4.69, 9.17) is 15.9 Å². The van der Waals surface area contributed by atoms with Crippen LogP contribution in [0.15, 0.2) is 24.4 Å². The molecule has 1 aromatic carbocycles. The molecule has 0 amide bonds. The molecule has 0 atom stereocenters. The van der Waals surface area contributed by atoms with Crippen LogP contribution in [0.4, 0.5) is 0 Å². The minimum atomic E-state index is -0.922. The number of carboxylic acids is 1. The normalized spacial score (nSPS) is 11.1. The van der Waals surface area contributed by atoms with Gasteiger partial charge in [0.1, 0.15) is 0 Å². The summed E-state index contributed by atoms with van der Waals surface area (Å²) in [4.78, 5) is 11.1. The maximum atomic E-state index is 11.1. The molecule has 4 N–H and O–H groups in total. The summed E-state index contributed by atoms with van der Waals surface area (Å²) < 4.78 is 2.11. The first-order valence-electron chi connectivity index (χ1n) is 6.83. The molecule has 0 aliphatic heterocycles. The Morgan fingerprint density at radius 2 is 2.10 bits per heavy atom. The van der Waals surface area contributed by atoms with Crippen molar-refractivity contribution in [3.05, 3.63) is 35.5 Å². The standard InChI is InChI=1S/C15H20N2O3/c16-6-2-7-17-10-12(3-1-8-18)13-9-11(15(19)20)4-5-14(13)17/h4-5,9-10,18H,1-3,6-8,16H2,(H,19,20). The number of carboxylic acid groups (broad SMARTS) is 1. The fourth-order valence-corrected chi connectivity index (χ4v) is 2.42. The zero-order valence-corrected chi connectivity index (χ0v) is 11.4. The highest BCUT2D eigenvalue weighted by molar-refractivity contribution is 5.95. The van der Waals surface area contributed by atoms with Crippen LogP contribution >= 0.6 is 0 Å². The van der Waals surface area contributed by atoms with E-state index in [-0.39, 0.29) is 6.61 Å². The second-order valence-corrected chi connectivity index (χ2v) is 4.85. The van der Waals surface area contributed by atoms with Crippen molar-refractivity contribution in [1.82, 2.24) is 4.57 Å². The fraction of sp³-hybridized carbons (Fsp3) is 0.400. The summed E-state index contributed by atoms with van der Waals surface area (Å²) >= 11 is 0. The molecular formula is C15H20N2O3. The summed E-state index contributed by atoms with van der Waals surface area (Å²) in [5, 5.41) is 19.0. The van der Waals surface area contributed by atoms with E-state index >= 15 is 0 Å². The van der Waals surface area contributed by atoms with Crippen LogP contribution in [-0.4, -0.2) is 33.9 Å². The number of carbonyl (C=O) groups is 1. The third-order valence-electron chi connectivity index (χ3n) is 3.42. The maximum absolute atomic E-state index is 11.1. The number of aromatic carboxylic acids is 1. The van der Waals surface area contributed by atoms with E-state index in [1.807, 2.05) is 12.3 Å². The molecule has 1 heterocycles. The number of fused-ring (bicyclic) bond motifs is 1. The maximum Gasteiger partial charge on any atom is 0.335 e. The Balaban J connectivity index is 2.45. The van der Waals surface area contributed by atoms with Gasteiger partial charge in [0.15, 0.2) is 0 Å². The quantitative estimate of drug-likeness (QED) is 0.717. The highest BCUT2D eigenvalue weighted by Gasteiger charge is 2.11. The molecule has 0 saturated carbocycles. The molecule has 0 spiro atoms. The summed E-state index contributed by atoms with van der Waals surface area (Å²) in [7, 11) is 0. The lowest BCUT2D eigenvalue weighted by molar-refractivity contribution is 0.0697. The van der Waals surface area contributed by atoms with E-state index < -0.39 is 5.97 Å². The number of aryl methyl sites for hydroxylation is 2. The Morgan fingerprint density at radius 1 is 1.30 bits per heavy atom. The first kappa shape index (κ1) is 14.6. The van der Waals surface area contributed by atoms with Crippen molar-refractivity contribution in [3.63, 3.8) is 0 Å². The van der Waals surface area contributed by atoms with Gasteiger partial charge in [-0.3, -0.25) is 0 Å². The fourth-order valence-electron chi connectivity index (χ4n) is 2.42. The van der Waals surface area contributed by atoms with E-state index in [0.717, 1.165) is 35.9 Å². The molecule has 1 aromatic heterocycles. The number of benzene rings is 1. The first-order chi connectivity index (χ1) is 9.67. The largest absolute Gasteiger partial charge is 0.478 e. The molecule has 0 aliphatic carbocycles. The van der Waals surface area contributed by atoms with Gasteiger partial charge in [-0.2, -0.15) is 0 Å². The van der Waals surface area contributed by atoms with Crippen molar-refractivity contribution in [2.75, 3.05) is 13.2 Å². The first-order valence-corrected chi connectivity index (χ1v) is 6.83. The van der Waals surface area contributed by atoms with Gasteiger partial charge in [-0.05, 0) is 49.6 Å². The SMILES string of the molecule is NCCCn1cc(CCCO)c2cc(C(=O)O)ccc21. The molecule has 5 nitrogen and oxygen atoms in total. The third kappa shape index (κ3) is 3.00. The molecule has 2 aromatic rings. The second-order valence-electron chi connectivity index (χ2n) is 4.85. The second kappa shape index (κ2) is 6.54. The molecule has 0 unspecified atom stereocenters. The van der Waals surface area contributed by atoms with Gasteiger partial charge in [-0.1, -0.05) is 0 Å². The van der Waals surface area contributed by atoms with Gasteiger partial charge in [-0.25, -0.2) is 4.79 Å². The van der Waals surface area contributed by atoms with Crippen molar-refractivity contribution in [2.24, 2.45) is 5.73 Å². The number of hydrogen-bond acceptors (Lipinski definition) is 3. The summed E-state index contributed by atoms with van der Waals surface area (Å²) in [5.41, 5.74) is 7.94. The lowest BCUT2D eigenvalue weighted by Gasteiger charge is -2.04. The van der Waals surface area contributed by atoms with Crippen LogP contribution in [0.5, 0.6) is 0 Å². The van der Waals surface area contributed by atoms with Crippen molar-refractivity contribution in [2.45, 2.75) is 25.8 Å². The smallest absolute Gasteiger partial charge is 0.335 e. The summed E-state index contributed by atoms with van der Waals surface area (Å²) in [6.45, 7) is 1.57. The minimum absolute atomic E-state index is 0.133. The summed E-state index contributed by atoms with van der Waals surface area (Å²) in [6.07, 6.45) is 4.34. The van der Waals surface area contributed by atoms with Crippen molar-refractivity contribution in [3.8, 4) is 0 Å². The predicted octanol–water partition coefficient (Wildman–Crippen LogP) is 1.61. The van der Waals surface area contributed by atoms with Gasteiger partial charge in [0.05, 0.1) is 5.56 Å². The summed E-state index contributed by atoms with van der Waals surface area (Å²) in [5.74, 6) is -0.922. The van der Waals surface area contributed by atoms with E-state index in [0.29, 0.717) is 18.5 Å². The molecule has 108 valence electrons. The monoisotopic (exact) mass is 276 g/mol. The van der Waals surface area contributed by atoms with Crippen molar-refractivity contribution >= 4 is 16.9 Å². The number of aliphatic hydroxyl groups is 1. The van der Waals surface area contributed by atoms with Gasteiger partial charge in [0, 0.05) is 30.3 Å². The minimum Gasteiger partial charge on any atom is -0.478 e. The van der Waals surface area contributed by atoms with Crippen LogP contribution in [0.2, 0.25) is 0 Å². The van der Waals surface area contributed by atoms with Crippen LogP contribution in [0.3, 0.4) is 0 Å². The zero-order valence-electron chi connectivity index (χ0n) is 11.4. The highest BCUT2D eigenvalue weighted by Crippen LogP contribution is 2.24. The van der Waals surface area contributed by atoms with Gasteiger partial charge in [-0.15, -0.1) is 0 Å². The molecule has 0 radical (unpaired) electrons. The Labute approximate surface area is 117 Å². The van der Waals surface area contributed by atoms with Gasteiger partial charge < -0.3 is 20.5 Å². The molecule has 0 bridgehead atoms. The molecule has 20 heavy (non-hydrogen) atoms. The van der Waals surface area contributed by atoms with Gasteiger partial charge in [0.25, 0.3) is 0 Å². The van der Waals surface area contributed by atoms with Crippen LogP contribution < -0.4 is 5.73 Å². The Bertz CT molecular complexity index is 604. The van der Waals surface area contributed by atoms with Crippen molar-refractivity contribution < 1.29 is 15.0 Å². The van der Waals surface area contributed by atoms with Crippen molar-refractivity contribution in [1.29, 1.82) is 0 Å². The number of rotatable bonds is 7. The molecule has 5 heteroatoms. The van der Waals surface area contributed by atoms with E-state index in [9.17, 15) is 4.79 Å². The molecule has 0 saturated heterocycles. The van der Waals surface area contributed by atoms with Gasteiger partial charge in [0.2, 0.25) is 0 Å². The molecular weight excluding hydrogens is 256 g/mol. The number of aliphatic hydroxyl groups excluding tert-OH is 1. The predicted molar refractivity (Wildman–Crippen MR) is 78.0 cm³/mol. The molecule has 2 rings (SSSR count). The van der Waals surface area contributed by atoms with Crippen LogP contribution in [-0.2, 0) is 13.0 Å². The number of hydrogen-bond donors (Lipinski definition) is 3. The van der Waals surface area contributed by atoms with E-state index in [2.05, 4.69) is 4.57 Å². The van der Waals surface area contributed by atoms with Gasteiger partial charge >= 0.3 is 5.97 Å². The lowest BCUT2D eigenvalue weighted by Crippen LogP contribution is -2.05.